The quantitative estimate of drug-likeness (QED) is 0.811. The minimum Gasteiger partial charge on any atom is -0.493 e. The SMILES string of the molecule is CCCC[C@H](N)c1ccc(OC)c(OC)c1OC. The summed E-state index contributed by atoms with van der Waals surface area (Å²) >= 11 is 0. The smallest absolute Gasteiger partial charge is 0.203 e. The molecule has 0 aromatic heterocycles. The van der Waals surface area contributed by atoms with Crippen molar-refractivity contribution in [3.63, 3.8) is 0 Å². The predicted octanol–water partition coefficient (Wildman–Crippen LogP) is 2.90. The van der Waals surface area contributed by atoms with Gasteiger partial charge >= 0.3 is 0 Å². The lowest BCUT2D eigenvalue weighted by atomic mass is 10.0. The molecule has 18 heavy (non-hydrogen) atoms. The average molecular weight is 253 g/mol. The lowest BCUT2D eigenvalue weighted by Gasteiger charge is -2.19. The Morgan fingerprint density at radius 1 is 1.06 bits per heavy atom. The van der Waals surface area contributed by atoms with Crippen molar-refractivity contribution < 1.29 is 14.2 Å². The molecular weight excluding hydrogens is 230 g/mol. The van der Waals surface area contributed by atoms with E-state index in [1.54, 1.807) is 21.3 Å². The lowest BCUT2D eigenvalue weighted by molar-refractivity contribution is 0.320. The fourth-order valence-corrected chi connectivity index (χ4v) is 2.00. The van der Waals surface area contributed by atoms with E-state index in [4.69, 9.17) is 19.9 Å². The summed E-state index contributed by atoms with van der Waals surface area (Å²) in [6, 6.07) is 3.77. The monoisotopic (exact) mass is 253 g/mol. The van der Waals surface area contributed by atoms with Gasteiger partial charge in [0.05, 0.1) is 21.3 Å². The molecule has 0 amide bonds. The van der Waals surface area contributed by atoms with Crippen molar-refractivity contribution in [2.24, 2.45) is 5.73 Å². The summed E-state index contributed by atoms with van der Waals surface area (Å²) in [7, 11) is 4.82. The van der Waals surface area contributed by atoms with Gasteiger partial charge in [-0.05, 0) is 18.6 Å². The van der Waals surface area contributed by atoms with Gasteiger partial charge in [0.25, 0.3) is 0 Å². The average Bonchev–Trinajstić information content (AvgIpc) is 2.42. The molecule has 102 valence electrons. The number of rotatable bonds is 7. The highest BCUT2D eigenvalue weighted by Gasteiger charge is 2.19. The highest BCUT2D eigenvalue weighted by atomic mass is 16.5. The van der Waals surface area contributed by atoms with Gasteiger partial charge in [-0.2, -0.15) is 0 Å². The van der Waals surface area contributed by atoms with Crippen LogP contribution in [0.3, 0.4) is 0 Å². The van der Waals surface area contributed by atoms with Gasteiger partial charge in [-0.3, -0.25) is 0 Å². The van der Waals surface area contributed by atoms with Crippen molar-refractivity contribution in [3.8, 4) is 17.2 Å². The van der Waals surface area contributed by atoms with Crippen molar-refractivity contribution in [2.45, 2.75) is 32.2 Å². The Kier molecular flexibility index (Phi) is 5.78. The molecule has 0 heterocycles. The predicted molar refractivity (Wildman–Crippen MR) is 72.6 cm³/mol. The molecule has 0 saturated heterocycles. The second-order valence-electron chi connectivity index (χ2n) is 4.17. The van der Waals surface area contributed by atoms with Crippen LogP contribution in [-0.4, -0.2) is 21.3 Å². The minimum atomic E-state index is -0.0419. The van der Waals surface area contributed by atoms with E-state index in [0.29, 0.717) is 17.2 Å². The third-order valence-corrected chi connectivity index (χ3v) is 3.00. The normalized spacial score (nSPS) is 12.1. The van der Waals surface area contributed by atoms with Gasteiger partial charge in [-0.15, -0.1) is 0 Å². The molecule has 0 radical (unpaired) electrons. The zero-order valence-corrected chi connectivity index (χ0v) is 11.7. The first kappa shape index (κ1) is 14.6. The highest BCUT2D eigenvalue weighted by molar-refractivity contribution is 5.56. The second-order valence-corrected chi connectivity index (χ2v) is 4.17. The zero-order chi connectivity index (χ0) is 13.5. The number of benzene rings is 1. The fourth-order valence-electron chi connectivity index (χ4n) is 2.00. The Morgan fingerprint density at radius 2 is 1.72 bits per heavy atom. The van der Waals surface area contributed by atoms with Gasteiger partial charge in [-0.1, -0.05) is 19.8 Å². The molecule has 1 aromatic carbocycles. The van der Waals surface area contributed by atoms with Crippen LogP contribution in [0.5, 0.6) is 17.2 Å². The van der Waals surface area contributed by atoms with Gasteiger partial charge in [0.15, 0.2) is 11.5 Å². The summed E-state index contributed by atoms with van der Waals surface area (Å²) in [6.07, 6.45) is 3.16. The van der Waals surface area contributed by atoms with Crippen LogP contribution >= 0.6 is 0 Å². The van der Waals surface area contributed by atoms with E-state index in [1.165, 1.54) is 0 Å². The third kappa shape index (κ3) is 3.07. The van der Waals surface area contributed by atoms with Crippen LogP contribution in [0.2, 0.25) is 0 Å². The summed E-state index contributed by atoms with van der Waals surface area (Å²) in [5.74, 6) is 1.92. The van der Waals surface area contributed by atoms with Crippen molar-refractivity contribution in [1.29, 1.82) is 0 Å². The van der Waals surface area contributed by atoms with Crippen molar-refractivity contribution in [3.05, 3.63) is 17.7 Å². The molecule has 4 nitrogen and oxygen atoms in total. The van der Waals surface area contributed by atoms with E-state index >= 15 is 0 Å². The summed E-state index contributed by atoms with van der Waals surface area (Å²) in [4.78, 5) is 0. The summed E-state index contributed by atoms with van der Waals surface area (Å²) in [5.41, 5.74) is 7.16. The molecule has 0 spiro atoms. The summed E-state index contributed by atoms with van der Waals surface area (Å²) < 4.78 is 16.0. The number of nitrogens with two attached hydrogens (primary N) is 1. The fraction of sp³-hybridized carbons (Fsp3) is 0.571. The van der Waals surface area contributed by atoms with E-state index in [9.17, 15) is 0 Å². The maximum Gasteiger partial charge on any atom is 0.203 e. The number of hydrogen-bond donors (Lipinski definition) is 1. The first-order valence-corrected chi connectivity index (χ1v) is 6.24. The van der Waals surface area contributed by atoms with E-state index in [1.807, 2.05) is 12.1 Å². The molecular formula is C14H23NO3. The molecule has 0 unspecified atom stereocenters. The zero-order valence-electron chi connectivity index (χ0n) is 11.7. The first-order chi connectivity index (χ1) is 8.69. The largest absolute Gasteiger partial charge is 0.493 e. The summed E-state index contributed by atoms with van der Waals surface area (Å²) in [5, 5.41) is 0. The van der Waals surface area contributed by atoms with Crippen molar-refractivity contribution in [2.75, 3.05) is 21.3 Å². The van der Waals surface area contributed by atoms with Crippen molar-refractivity contribution in [1.82, 2.24) is 0 Å². The van der Waals surface area contributed by atoms with Crippen LogP contribution in [0.15, 0.2) is 12.1 Å². The highest BCUT2D eigenvalue weighted by Crippen LogP contribution is 2.42. The Balaban J connectivity index is 3.11. The van der Waals surface area contributed by atoms with E-state index in [0.717, 1.165) is 24.8 Å². The Morgan fingerprint density at radius 3 is 2.22 bits per heavy atom. The van der Waals surface area contributed by atoms with E-state index < -0.39 is 0 Å². The van der Waals surface area contributed by atoms with Gasteiger partial charge in [0.2, 0.25) is 5.75 Å². The van der Waals surface area contributed by atoms with Crippen LogP contribution in [-0.2, 0) is 0 Å². The van der Waals surface area contributed by atoms with Crippen LogP contribution in [0.1, 0.15) is 37.8 Å². The third-order valence-electron chi connectivity index (χ3n) is 3.00. The standard InChI is InChI=1S/C14H23NO3/c1-5-6-7-11(15)10-8-9-12(16-2)14(18-4)13(10)17-3/h8-9,11H,5-7,15H2,1-4H3/t11-/m0/s1. The van der Waals surface area contributed by atoms with Crippen molar-refractivity contribution >= 4 is 0 Å². The molecule has 0 fully saturated rings. The number of ether oxygens (including phenoxy) is 3. The minimum absolute atomic E-state index is 0.0419. The molecule has 2 N–H and O–H groups in total. The Bertz CT molecular complexity index is 380. The van der Waals surface area contributed by atoms with Crippen LogP contribution in [0.4, 0.5) is 0 Å². The molecule has 0 saturated carbocycles. The van der Waals surface area contributed by atoms with Gasteiger partial charge in [0, 0.05) is 11.6 Å². The molecule has 4 heteroatoms. The molecule has 0 aliphatic carbocycles. The lowest BCUT2D eigenvalue weighted by Crippen LogP contribution is -2.12. The maximum atomic E-state index is 6.20. The van der Waals surface area contributed by atoms with Crippen LogP contribution in [0, 0.1) is 0 Å². The molecule has 0 aliphatic heterocycles. The Hall–Kier alpha value is -1.42. The van der Waals surface area contributed by atoms with Gasteiger partial charge < -0.3 is 19.9 Å². The number of methoxy groups -OCH3 is 3. The Labute approximate surface area is 109 Å². The van der Waals surface area contributed by atoms with Crippen LogP contribution in [0.25, 0.3) is 0 Å². The topological polar surface area (TPSA) is 53.7 Å². The second kappa shape index (κ2) is 7.11. The number of unbranched alkanes of at least 4 members (excludes halogenated alkanes) is 1. The molecule has 0 bridgehead atoms. The first-order valence-electron chi connectivity index (χ1n) is 6.24. The van der Waals surface area contributed by atoms with E-state index in [-0.39, 0.29) is 6.04 Å². The van der Waals surface area contributed by atoms with E-state index in [2.05, 4.69) is 6.92 Å². The molecule has 1 aromatic rings. The maximum absolute atomic E-state index is 6.20. The van der Waals surface area contributed by atoms with Gasteiger partial charge in [-0.25, -0.2) is 0 Å². The molecule has 1 atom stereocenters. The van der Waals surface area contributed by atoms with Gasteiger partial charge in [0.1, 0.15) is 0 Å². The van der Waals surface area contributed by atoms with Crippen LogP contribution < -0.4 is 19.9 Å². The summed E-state index contributed by atoms with van der Waals surface area (Å²) in [6.45, 7) is 2.15. The molecule has 0 aliphatic rings. The molecule has 1 rings (SSSR count). The number of hydrogen-bond acceptors (Lipinski definition) is 4.